The van der Waals surface area contributed by atoms with E-state index < -0.39 is 5.97 Å². The van der Waals surface area contributed by atoms with Crippen LogP contribution >= 0.6 is 11.8 Å². The minimum atomic E-state index is -1.17. The van der Waals surface area contributed by atoms with E-state index in [1.807, 2.05) is 42.5 Å². The van der Waals surface area contributed by atoms with E-state index in [0.717, 1.165) is 35.7 Å². The predicted octanol–water partition coefficient (Wildman–Crippen LogP) is 3.65. The minimum absolute atomic E-state index is 0.181. The average molecular weight is 393 g/mol. The van der Waals surface area contributed by atoms with E-state index in [9.17, 15) is 9.90 Å². The third-order valence-corrected chi connectivity index (χ3v) is 5.30. The minimum Gasteiger partial charge on any atom is -0.545 e. The van der Waals surface area contributed by atoms with Crippen molar-refractivity contribution in [2.45, 2.75) is 24.8 Å². The van der Waals surface area contributed by atoms with Crippen molar-refractivity contribution in [2.24, 2.45) is 0 Å². The van der Waals surface area contributed by atoms with Crippen molar-refractivity contribution in [2.75, 3.05) is 18.0 Å². The molecule has 3 rings (SSSR count). The highest BCUT2D eigenvalue weighted by Gasteiger charge is 2.11. The van der Waals surface area contributed by atoms with Crippen molar-refractivity contribution in [3.8, 4) is 11.3 Å². The Labute approximate surface area is 169 Å². The van der Waals surface area contributed by atoms with E-state index in [1.165, 1.54) is 17.8 Å². The molecular weight excluding hydrogens is 370 g/mol. The van der Waals surface area contributed by atoms with Gasteiger partial charge in [-0.25, -0.2) is 9.97 Å². The lowest BCUT2D eigenvalue weighted by Gasteiger charge is -2.21. The number of benzene rings is 2. The van der Waals surface area contributed by atoms with E-state index in [4.69, 9.17) is 9.97 Å². The van der Waals surface area contributed by atoms with Gasteiger partial charge in [-0.3, -0.25) is 0 Å². The zero-order valence-corrected chi connectivity index (χ0v) is 16.8. The molecule has 144 valence electrons. The van der Waals surface area contributed by atoms with Gasteiger partial charge in [-0.15, -0.1) is 0 Å². The van der Waals surface area contributed by atoms with Gasteiger partial charge in [0.25, 0.3) is 0 Å². The van der Waals surface area contributed by atoms with Crippen molar-refractivity contribution in [3.05, 3.63) is 71.8 Å². The topological polar surface area (TPSA) is 69.2 Å². The first-order valence-corrected chi connectivity index (χ1v) is 10.2. The van der Waals surface area contributed by atoms with Gasteiger partial charge in [0.2, 0.25) is 0 Å². The van der Waals surface area contributed by atoms with Crippen LogP contribution < -0.4 is 10.0 Å². The first-order chi connectivity index (χ1) is 13.6. The molecule has 0 aliphatic carbocycles. The number of anilines is 1. The standard InChI is InChI=1S/C22H23N3O2S/c1-3-25(4-2)20-14-19(17-10-6-5-7-11-17)23-22(24-20)28-15-16-9-8-12-18(13-16)21(26)27/h5-14H,3-4,15H2,1-2H3,(H,26,27)/p-1. The van der Waals surface area contributed by atoms with Gasteiger partial charge in [0.05, 0.1) is 11.7 Å². The van der Waals surface area contributed by atoms with Gasteiger partial charge in [0.1, 0.15) is 5.82 Å². The Morgan fingerprint density at radius 2 is 1.75 bits per heavy atom. The van der Waals surface area contributed by atoms with Crippen molar-refractivity contribution < 1.29 is 9.90 Å². The molecule has 0 aliphatic heterocycles. The molecular formula is C22H22N3O2S-. The maximum Gasteiger partial charge on any atom is 0.190 e. The number of nitrogens with zero attached hydrogens (tertiary/aromatic N) is 3. The van der Waals surface area contributed by atoms with Crippen molar-refractivity contribution in [3.63, 3.8) is 0 Å². The third kappa shape index (κ3) is 4.89. The summed E-state index contributed by atoms with van der Waals surface area (Å²) in [6.07, 6.45) is 0. The first kappa shape index (κ1) is 19.9. The van der Waals surface area contributed by atoms with Gasteiger partial charge >= 0.3 is 0 Å². The van der Waals surface area contributed by atoms with Crippen LogP contribution in [0.2, 0.25) is 0 Å². The number of rotatable bonds is 8. The Bertz CT molecular complexity index is 944. The summed E-state index contributed by atoms with van der Waals surface area (Å²) in [7, 11) is 0. The maximum absolute atomic E-state index is 11.1. The summed E-state index contributed by atoms with van der Waals surface area (Å²) in [5.74, 6) is 0.305. The van der Waals surface area contributed by atoms with E-state index in [-0.39, 0.29) is 5.56 Å². The molecule has 1 aromatic heterocycles. The fraction of sp³-hybridized carbons (Fsp3) is 0.227. The zero-order valence-electron chi connectivity index (χ0n) is 16.0. The smallest absolute Gasteiger partial charge is 0.190 e. The van der Waals surface area contributed by atoms with Crippen molar-refractivity contribution in [1.29, 1.82) is 0 Å². The maximum atomic E-state index is 11.1. The van der Waals surface area contributed by atoms with Crippen LogP contribution in [0.5, 0.6) is 0 Å². The molecule has 0 aliphatic rings. The summed E-state index contributed by atoms with van der Waals surface area (Å²) in [5, 5.41) is 11.7. The van der Waals surface area contributed by atoms with Gasteiger partial charge in [0.15, 0.2) is 5.16 Å². The molecule has 0 saturated heterocycles. The molecule has 0 fully saturated rings. The van der Waals surface area contributed by atoms with Crippen LogP contribution in [0, 0.1) is 0 Å². The summed E-state index contributed by atoms with van der Waals surface area (Å²) in [6, 6.07) is 18.8. The molecule has 0 radical (unpaired) electrons. The molecule has 0 spiro atoms. The number of hydrogen-bond acceptors (Lipinski definition) is 6. The lowest BCUT2D eigenvalue weighted by molar-refractivity contribution is -0.255. The van der Waals surface area contributed by atoms with Crippen LogP contribution in [0.25, 0.3) is 11.3 Å². The summed E-state index contributed by atoms with van der Waals surface area (Å²) in [5.41, 5.74) is 2.99. The van der Waals surface area contributed by atoms with E-state index in [2.05, 4.69) is 18.7 Å². The second kappa shape index (κ2) is 9.37. The Hall–Kier alpha value is -2.86. The Balaban J connectivity index is 1.90. The predicted molar refractivity (Wildman–Crippen MR) is 111 cm³/mol. The largest absolute Gasteiger partial charge is 0.545 e. The molecule has 0 saturated carbocycles. The van der Waals surface area contributed by atoms with Crippen LogP contribution in [-0.4, -0.2) is 29.0 Å². The number of carbonyl (C=O) groups is 1. The Kier molecular flexibility index (Phi) is 6.66. The fourth-order valence-corrected chi connectivity index (χ4v) is 3.68. The highest BCUT2D eigenvalue weighted by atomic mass is 32.2. The van der Waals surface area contributed by atoms with Crippen LogP contribution in [0.1, 0.15) is 29.8 Å². The fourth-order valence-electron chi connectivity index (χ4n) is 2.88. The molecule has 6 heteroatoms. The highest BCUT2D eigenvalue weighted by Crippen LogP contribution is 2.27. The second-order valence-corrected chi connectivity index (χ2v) is 7.15. The lowest BCUT2D eigenvalue weighted by Crippen LogP contribution is -2.23. The van der Waals surface area contributed by atoms with E-state index in [1.54, 1.807) is 12.1 Å². The molecule has 5 nitrogen and oxygen atoms in total. The number of carbonyl (C=O) groups excluding carboxylic acids is 1. The SMILES string of the molecule is CCN(CC)c1cc(-c2ccccc2)nc(SCc2cccc(C(=O)[O-])c2)n1. The number of thioether (sulfide) groups is 1. The number of aromatic nitrogens is 2. The Morgan fingerprint density at radius 3 is 2.43 bits per heavy atom. The third-order valence-electron chi connectivity index (χ3n) is 4.38. The monoisotopic (exact) mass is 392 g/mol. The quantitative estimate of drug-likeness (QED) is 0.431. The number of carboxylic acid groups (broad SMARTS) is 1. The summed E-state index contributed by atoms with van der Waals surface area (Å²) < 4.78 is 0. The molecule has 3 aromatic rings. The van der Waals surface area contributed by atoms with Crippen molar-refractivity contribution in [1.82, 2.24) is 9.97 Å². The molecule has 0 bridgehead atoms. The zero-order chi connectivity index (χ0) is 19.9. The van der Waals surface area contributed by atoms with Gasteiger partial charge in [0, 0.05) is 30.5 Å². The van der Waals surface area contributed by atoms with Gasteiger partial charge in [-0.05, 0) is 31.0 Å². The van der Waals surface area contributed by atoms with E-state index >= 15 is 0 Å². The van der Waals surface area contributed by atoms with Crippen LogP contribution in [-0.2, 0) is 5.75 Å². The average Bonchev–Trinajstić information content (AvgIpc) is 2.74. The van der Waals surface area contributed by atoms with Gasteiger partial charge < -0.3 is 14.8 Å². The molecule has 2 aromatic carbocycles. The summed E-state index contributed by atoms with van der Waals surface area (Å²) in [4.78, 5) is 22.7. The normalized spacial score (nSPS) is 10.6. The van der Waals surface area contributed by atoms with Gasteiger partial charge in [-0.2, -0.15) is 0 Å². The number of carboxylic acids is 1. The van der Waals surface area contributed by atoms with Crippen LogP contribution in [0.3, 0.4) is 0 Å². The highest BCUT2D eigenvalue weighted by molar-refractivity contribution is 7.98. The molecule has 1 heterocycles. The molecule has 0 unspecified atom stereocenters. The van der Waals surface area contributed by atoms with E-state index in [0.29, 0.717) is 10.9 Å². The molecule has 0 atom stereocenters. The second-order valence-electron chi connectivity index (χ2n) is 6.21. The summed E-state index contributed by atoms with van der Waals surface area (Å²) >= 11 is 1.49. The lowest BCUT2D eigenvalue weighted by atomic mass is 10.1. The molecule has 28 heavy (non-hydrogen) atoms. The van der Waals surface area contributed by atoms with Gasteiger partial charge in [-0.1, -0.05) is 60.3 Å². The Morgan fingerprint density at radius 1 is 1.00 bits per heavy atom. The molecule has 0 N–H and O–H groups in total. The van der Waals surface area contributed by atoms with Crippen LogP contribution in [0.15, 0.2) is 65.8 Å². The molecule has 0 amide bonds. The van der Waals surface area contributed by atoms with Crippen LogP contribution in [0.4, 0.5) is 5.82 Å². The number of hydrogen-bond donors (Lipinski definition) is 0. The summed E-state index contributed by atoms with van der Waals surface area (Å²) in [6.45, 7) is 5.93. The number of aromatic carboxylic acids is 1. The van der Waals surface area contributed by atoms with Crippen molar-refractivity contribution >= 4 is 23.5 Å². The first-order valence-electron chi connectivity index (χ1n) is 9.23.